The van der Waals surface area contributed by atoms with Gasteiger partial charge in [0.25, 0.3) is 5.91 Å². The minimum Gasteiger partial charge on any atom is -0.497 e. The Morgan fingerprint density at radius 2 is 1.90 bits per heavy atom. The molecule has 6 rings (SSSR count). The van der Waals surface area contributed by atoms with E-state index in [1.54, 1.807) is 32.0 Å². The fraction of sp³-hybridized carbons (Fsp3) is 0.588. The maximum Gasteiger partial charge on any atom is 0.405 e. The molecule has 4 N–H and O–H groups in total. The Morgan fingerprint density at radius 3 is 2.60 bits per heavy atom. The molecule has 15 nitrogen and oxygen atoms in total. The highest BCUT2D eigenvalue weighted by Gasteiger charge is 2.63. The highest BCUT2D eigenvalue weighted by Crippen LogP contribution is 2.47. The van der Waals surface area contributed by atoms with Crippen molar-refractivity contribution in [3.63, 3.8) is 0 Å². The number of sulfonamides is 1. The normalized spacial score (nSPS) is 31.6. The van der Waals surface area contributed by atoms with E-state index in [2.05, 4.69) is 25.3 Å². The summed E-state index contributed by atoms with van der Waals surface area (Å²) in [5.41, 5.74) is -0.986. The molecule has 3 fully saturated rings. The zero-order chi connectivity index (χ0) is 36.0. The molecule has 2 unspecified atom stereocenters. The van der Waals surface area contributed by atoms with Crippen LogP contribution in [0.4, 0.5) is 4.79 Å². The molecule has 1 aromatic heterocycles. The van der Waals surface area contributed by atoms with Crippen LogP contribution in [0.3, 0.4) is 0 Å². The van der Waals surface area contributed by atoms with Gasteiger partial charge in [0.1, 0.15) is 35.8 Å². The number of amides is 4. The molecule has 4 amide bonds. The van der Waals surface area contributed by atoms with Gasteiger partial charge in [-0.3, -0.25) is 19.1 Å². The summed E-state index contributed by atoms with van der Waals surface area (Å²) in [4.78, 5) is 64.1. The van der Waals surface area contributed by atoms with Gasteiger partial charge < -0.3 is 30.1 Å². The lowest BCUT2D eigenvalue weighted by molar-refractivity contribution is -0.142. The predicted molar refractivity (Wildman–Crippen MR) is 181 cm³/mol. The van der Waals surface area contributed by atoms with Crippen molar-refractivity contribution >= 4 is 44.7 Å². The monoisotopic (exact) mass is 712 g/mol. The zero-order valence-electron chi connectivity index (χ0n) is 28.5. The lowest BCUT2D eigenvalue weighted by atomic mass is 9.88. The van der Waals surface area contributed by atoms with Crippen molar-refractivity contribution in [2.45, 2.75) is 94.2 Å². The minimum atomic E-state index is -4.00. The molecule has 50 heavy (non-hydrogen) atoms. The number of carbonyl (C=O) groups is 4. The highest BCUT2D eigenvalue weighted by atomic mass is 32.2. The lowest BCUT2D eigenvalue weighted by Gasteiger charge is -2.32. The van der Waals surface area contributed by atoms with E-state index in [-0.39, 0.29) is 31.2 Å². The molecule has 2 aromatic rings. The fourth-order valence-electron chi connectivity index (χ4n) is 7.12. The van der Waals surface area contributed by atoms with E-state index in [4.69, 9.17) is 9.47 Å². The van der Waals surface area contributed by atoms with Crippen LogP contribution in [0.5, 0.6) is 11.6 Å². The van der Waals surface area contributed by atoms with Crippen LogP contribution in [0.2, 0.25) is 0 Å². The third kappa shape index (κ3) is 6.94. The van der Waals surface area contributed by atoms with Crippen LogP contribution in [0, 0.1) is 17.8 Å². The van der Waals surface area contributed by atoms with Gasteiger partial charge in [0.2, 0.25) is 27.7 Å². The molecule has 7 atom stereocenters. The van der Waals surface area contributed by atoms with Gasteiger partial charge >= 0.3 is 6.09 Å². The zero-order valence-corrected chi connectivity index (χ0v) is 29.4. The maximum absolute atomic E-state index is 14.3. The van der Waals surface area contributed by atoms with Crippen molar-refractivity contribution in [2.75, 3.05) is 13.7 Å². The second-order valence-electron chi connectivity index (χ2n) is 14.5. The average molecular weight is 713 g/mol. The summed E-state index contributed by atoms with van der Waals surface area (Å²) in [6.07, 6.45) is 5.94. The van der Waals surface area contributed by atoms with Gasteiger partial charge in [0.15, 0.2) is 0 Å². The Hall–Kier alpha value is -4.47. The fourth-order valence-corrected chi connectivity index (χ4v) is 8.43. The van der Waals surface area contributed by atoms with Crippen LogP contribution < -0.4 is 24.8 Å². The van der Waals surface area contributed by atoms with Crippen LogP contribution in [-0.4, -0.2) is 94.3 Å². The number of nitrogens with one attached hydrogen (secondary N) is 3. The molecule has 16 heteroatoms. The third-order valence-corrected chi connectivity index (χ3v) is 12.8. The number of aromatic nitrogens is 2. The summed E-state index contributed by atoms with van der Waals surface area (Å²) < 4.78 is 38.9. The molecule has 1 aromatic carbocycles. The Labute approximate surface area is 290 Å². The van der Waals surface area contributed by atoms with Crippen molar-refractivity contribution in [2.24, 2.45) is 17.8 Å². The molecule has 0 bridgehead atoms. The van der Waals surface area contributed by atoms with Gasteiger partial charge in [-0.05, 0) is 69.4 Å². The summed E-state index contributed by atoms with van der Waals surface area (Å²) in [6, 6.07) is 2.87. The summed E-state index contributed by atoms with van der Waals surface area (Å²) >= 11 is 0. The van der Waals surface area contributed by atoms with Crippen LogP contribution in [-0.2, 0) is 24.4 Å². The van der Waals surface area contributed by atoms with Crippen molar-refractivity contribution in [3.8, 4) is 11.6 Å². The van der Waals surface area contributed by atoms with Gasteiger partial charge in [0, 0.05) is 18.4 Å². The quantitative estimate of drug-likeness (QED) is 0.307. The van der Waals surface area contributed by atoms with E-state index < -0.39 is 74.1 Å². The number of hydrogen-bond acceptors (Lipinski definition) is 10. The smallest absolute Gasteiger partial charge is 0.405 e. The van der Waals surface area contributed by atoms with Crippen molar-refractivity contribution in [3.05, 3.63) is 36.7 Å². The molecule has 0 radical (unpaired) electrons. The molecular weight excluding hydrogens is 668 g/mol. The van der Waals surface area contributed by atoms with Gasteiger partial charge in [-0.15, -0.1) is 0 Å². The standard InChI is InChI=1S/C34H44N6O9S/c1-19-7-5-6-8-21-16-34(21,31(43)39-50(46,47)33(3)11-12-33)38-28(41)26-15-23(17-40(26)30(42)27(20(2)13-19)37-32(44)45)49-29-24-10-9-22(48-4)14-25(24)35-18-36-29/h6,8-10,14,18-21,23,26-27,37H,5,7,11-13,15-17H2,1-4H3,(H,38,41)(H,39,43)(H,44,45)/b8-6-/t19-,20-,21?,23-,26+,27+,34?/m1/s1. The topological polar surface area (TPSA) is 206 Å². The summed E-state index contributed by atoms with van der Waals surface area (Å²) in [5.74, 6) is -2.03. The number of hydrogen-bond donors (Lipinski definition) is 4. The maximum atomic E-state index is 14.3. The minimum absolute atomic E-state index is 0.00161. The molecule has 3 heterocycles. The van der Waals surface area contributed by atoms with E-state index >= 15 is 0 Å². The second kappa shape index (κ2) is 13.3. The number of rotatable bonds is 7. The summed E-state index contributed by atoms with van der Waals surface area (Å²) in [5, 5.41) is 15.5. The first kappa shape index (κ1) is 35.4. The first-order valence-electron chi connectivity index (χ1n) is 17.0. The lowest BCUT2D eigenvalue weighted by Crippen LogP contribution is -2.59. The van der Waals surface area contributed by atoms with Crippen molar-refractivity contribution < 1.29 is 42.2 Å². The molecule has 4 aliphatic rings. The third-order valence-electron chi connectivity index (χ3n) is 10.6. The number of nitrogens with zero attached hydrogens (tertiary/aromatic N) is 3. The van der Waals surface area contributed by atoms with E-state index in [1.165, 1.54) is 18.3 Å². The molecule has 2 aliphatic heterocycles. The highest BCUT2D eigenvalue weighted by molar-refractivity contribution is 7.91. The van der Waals surface area contributed by atoms with Gasteiger partial charge in [-0.25, -0.2) is 23.2 Å². The Balaban J connectivity index is 1.33. The first-order valence-corrected chi connectivity index (χ1v) is 18.5. The Bertz CT molecular complexity index is 1830. The van der Waals surface area contributed by atoms with E-state index in [0.717, 1.165) is 6.42 Å². The van der Waals surface area contributed by atoms with Crippen LogP contribution >= 0.6 is 0 Å². The number of carboxylic acid groups (broad SMARTS) is 1. The Kier molecular flexibility index (Phi) is 9.43. The number of methoxy groups -OCH3 is 1. The SMILES string of the molecule is COc1ccc2c(O[C@@H]3C[C@H]4C(=O)NC5(C(=O)NS(=O)(=O)C6(C)CC6)CC5/C=C\CC[C@@H](C)C[C@@H](C)[C@H](NC(=O)O)C(=O)N4C3)ncnc2c1. The van der Waals surface area contributed by atoms with Crippen LogP contribution in [0.25, 0.3) is 10.9 Å². The molecule has 2 saturated carbocycles. The van der Waals surface area contributed by atoms with Crippen molar-refractivity contribution in [1.82, 2.24) is 30.2 Å². The Morgan fingerprint density at radius 1 is 1.14 bits per heavy atom. The van der Waals surface area contributed by atoms with Gasteiger partial charge in [-0.2, -0.15) is 0 Å². The van der Waals surface area contributed by atoms with Gasteiger partial charge in [0.05, 0.1) is 29.3 Å². The largest absolute Gasteiger partial charge is 0.497 e. The number of benzene rings is 1. The molecule has 270 valence electrons. The molecule has 1 saturated heterocycles. The molecule has 0 spiro atoms. The number of carbonyl (C=O) groups excluding carboxylic acids is 3. The first-order chi connectivity index (χ1) is 23.7. The van der Waals surface area contributed by atoms with Gasteiger partial charge in [-0.1, -0.05) is 26.0 Å². The van der Waals surface area contributed by atoms with E-state index in [9.17, 15) is 32.7 Å². The predicted octanol–water partition coefficient (Wildman–Crippen LogP) is 2.51. The molecule has 2 aliphatic carbocycles. The average Bonchev–Trinajstić information content (AvgIpc) is 3.95. The van der Waals surface area contributed by atoms with E-state index in [0.29, 0.717) is 42.3 Å². The summed E-state index contributed by atoms with van der Waals surface area (Å²) in [7, 11) is -2.46. The number of fused-ring (bicyclic) bond motifs is 3. The van der Waals surface area contributed by atoms with Crippen molar-refractivity contribution in [1.29, 1.82) is 0 Å². The number of ether oxygens (including phenoxy) is 2. The molecular formula is C34H44N6O9S. The second-order valence-corrected chi connectivity index (χ2v) is 16.6. The summed E-state index contributed by atoms with van der Waals surface area (Å²) in [6.45, 7) is 5.33. The van der Waals surface area contributed by atoms with Crippen LogP contribution in [0.1, 0.15) is 65.7 Å². The van der Waals surface area contributed by atoms with E-state index in [1.807, 2.05) is 19.1 Å². The number of allylic oxidation sites excluding steroid dienone is 1. The van der Waals surface area contributed by atoms with Crippen LogP contribution in [0.15, 0.2) is 36.7 Å².